The lowest BCUT2D eigenvalue weighted by atomic mass is 10.4. The van der Waals surface area contributed by atoms with E-state index in [2.05, 4.69) is 10.3 Å². The van der Waals surface area contributed by atoms with E-state index in [0.29, 0.717) is 5.42 Å². The second-order valence-corrected chi connectivity index (χ2v) is 3.12. The highest BCUT2D eigenvalue weighted by Crippen LogP contribution is 2.06. The van der Waals surface area contributed by atoms with Gasteiger partial charge in [-0.25, -0.2) is 14.6 Å². The van der Waals surface area contributed by atoms with Crippen LogP contribution in [-0.2, 0) is 9.53 Å². The van der Waals surface area contributed by atoms with E-state index < -0.39 is 12.0 Å². The van der Waals surface area contributed by atoms with Crippen LogP contribution >= 0.6 is 0 Å². The van der Waals surface area contributed by atoms with Gasteiger partial charge in [-0.2, -0.15) is 0 Å². The zero-order valence-corrected chi connectivity index (χ0v) is 8.80. The molecule has 7 heteroatoms. The second-order valence-electron chi connectivity index (χ2n) is 3.12. The average Bonchev–Trinajstić information content (AvgIpc) is 2.53. The molecule has 84 valence electrons. The van der Waals surface area contributed by atoms with Gasteiger partial charge in [0.1, 0.15) is 0 Å². The van der Waals surface area contributed by atoms with Crippen molar-refractivity contribution in [3.8, 4) is 0 Å². The number of carbonyl (C=O) groups excluding carboxylic acids is 2. The number of hydrogen-bond acceptors (Lipinski definition) is 5. The van der Waals surface area contributed by atoms with Crippen molar-refractivity contribution < 1.29 is 15.7 Å². The zero-order valence-electron chi connectivity index (χ0n) is 9.80. The Labute approximate surface area is 89.0 Å². The van der Waals surface area contributed by atoms with E-state index in [-0.39, 0.29) is 6.04 Å². The number of esters is 1. The number of nitrogens with zero attached hydrogens (tertiary/aromatic N) is 2. The second kappa shape index (κ2) is 4.76. The molecule has 0 bridgehead atoms. The maximum absolute atomic E-state index is 11.5. The number of carbonyl (C=O) groups is 2. The molecule has 0 aromatic carbocycles. The third kappa shape index (κ3) is 2.67. The van der Waals surface area contributed by atoms with E-state index in [1.807, 2.05) is 13.8 Å². The third-order valence-corrected chi connectivity index (χ3v) is 1.72. The van der Waals surface area contributed by atoms with E-state index in [0.717, 1.165) is 11.1 Å². The van der Waals surface area contributed by atoms with Gasteiger partial charge in [-0.15, -0.1) is 10.7 Å². The van der Waals surface area contributed by atoms with Crippen molar-refractivity contribution in [2.45, 2.75) is 19.9 Å². The predicted molar refractivity (Wildman–Crippen MR) is 51.6 cm³/mol. The van der Waals surface area contributed by atoms with Gasteiger partial charge in [-0.05, 0) is 13.8 Å². The minimum Gasteiger partial charge on any atom is -0.466 e. The fraction of sp³-hybridized carbons (Fsp3) is 0.500. The molecule has 15 heavy (non-hydrogen) atoms. The Kier molecular flexibility index (Phi) is 3.15. The topological polar surface area (TPSA) is 73.9 Å². The smallest absolute Gasteiger partial charge is 0.352 e. The molecule has 2 N–H and O–H groups in total. The lowest BCUT2D eigenvalue weighted by Crippen LogP contribution is -2.45. The van der Waals surface area contributed by atoms with Crippen molar-refractivity contribution in [2.24, 2.45) is 0 Å². The van der Waals surface area contributed by atoms with E-state index in [4.69, 9.17) is 1.41 Å². The summed E-state index contributed by atoms with van der Waals surface area (Å²) >= 11 is 0. The van der Waals surface area contributed by atoms with Gasteiger partial charge in [-0.3, -0.25) is 5.42 Å². The van der Waals surface area contributed by atoms with Crippen LogP contribution in [0, 0.1) is 0 Å². The molecule has 2 amide bonds. The largest absolute Gasteiger partial charge is 0.466 e. The summed E-state index contributed by atoms with van der Waals surface area (Å²) in [5.41, 5.74) is 3.07. The number of amides is 2. The maximum atomic E-state index is 11.5. The van der Waals surface area contributed by atoms with Gasteiger partial charge in [0.05, 0.1) is 7.11 Å². The molecule has 1 rings (SSSR count). The van der Waals surface area contributed by atoms with Crippen LogP contribution in [0.5, 0.6) is 0 Å². The number of urea groups is 1. The fourth-order valence-electron chi connectivity index (χ4n) is 0.985. The molecule has 0 radical (unpaired) electrons. The van der Waals surface area contributed by atoms with Crippen molar-refractivity contribution in [2.75, 3.05) is 7.11 Å². The van der Waals surface area contributed by atoms with Gasteiger partial charge in [0.15, 0.2) is 1.41 Å². The van der Waals surface area contributed by atoms with Crippen molar-refractivity contribution in [3.63, 3.8) is 0 Å². The summed E-state index contributed by atoms with van der Waals surface area (Å²) in [6.07, 6.45) is 2.35. The van der Waals surface area contributed by atoms with Crippen molar-refractivity contribution >= 4 is 12.0 Å². The minimum absolute atomic E-state index is 0.0541. The van der Waals surface area contributed by atoms with Crippen molar-refractivity contribution in [3.05, 3.63) is 12.3 Å². The number of nitrogens with one attached hydrogen (secondary N) is 2. The first-order chi connectivity index (χ1) is 7.47. The fourth-order valence-corrected chi connectivity index (χ4v) is 0.985. The van der Waals surface area contributed by atoms with Crippen molar-refractivity contribution in [1.29, 1.82) is 0 Å². The van der Waals surface area contributed by atoms with E-state index in [1.54, 1.807) is 0 Å². The normalized spacial score (nSPS) is 19.2. The first-order valence-electron chi connectivity index (χ1n) is 4.86. The van der Waals surface area contributed by atoms with Gasteiger partial charge < -0.3 is 4.74 Å². The molecular weight excluding hydrogens is 200 g/mol. The summed E-state index contributed by atoms with van der Waals surface area (Å²) in [5, 5.41) is 2.53. The zero-order chi connectivity index (χ0) is 12.3. The highest BCUT2D eigenvalue weighted by Gasteiger charge is 2.28. The highest BCUT2D eigenvalue weighted by molar-refractivity contribution is 5.83. The van der Waals surface area contributed by atoms with Gasteiger partial charge in [0.2, 0.25) is 0 Å². The Balaban J connectivity index is 2.78. The molecule has 0 aromatic rings. The maximum Gasteiger partial charge on any atom is 0.352 e. The minimum atomic E-state index is -0.603. The molecule has 0 unspecified atom stereocenters. The quantitative estimate of drug-likeness (QED) is 0.501. The van der Waals surface area contributed by atoms with Gasteiger partial charge in [-0.1, -0.05) is 0 Å². The molecule has 1 saturated heterocycles. The monoisotopic (exact) mass is 215 g/mol. The molecular formula is C8H14N4O3. The van der Waals surface area contributed by atoms with E-state index >= 15 is 0 Å². The Morgan fingerprint density at radius 2 is 2.33 bits per heavy atom. The summed E-state index contributed by atoms with van der Waals surface area (Å²) in [4.78, 5) is 22.4. The standard InChI is InChI=1S/C8H14N4O3/c1-6(2)12-10-9-8(14)11(12)5-4-7(13)15-3/h4-6,10H,1-3H3,(H,9,14)/b5-4+/i/hD. The Morgan fingerprint density at radius 3 is 2.87 bits per heavy atom. The van der Waals surface area contributed by atoms with Crippen LogP contribution in [0.15, 0.2) is 12.3 Å². The van der Waals surface area contributed by atoms with Crippen LogP contribution in [0.3, 0.4) is 0 Å². The Bertz CT molecular complexity index is 320. The van der Waals surface area contributed by atoms with Crippen LogP contribution < -0.4 is 11.0 Å². The molecule has 0 saturated carbocycles. The van der Waals surface area contributed by atoms with Crippen molar-refractivity contribution in [1.82, 2.24) is 21.1 Å². The number of rotatable bonds is 3. The van der Waals surface area contributed by atoms with Crippen LogP contribution in [0.2, 0.25) is 1.41 Å². The molecule has 1 fully saturated rings. The Morgan fingerprint density at radius 1 is 1.67 bits per heavy atom. The SMILES string of the molecule is [2H]N1NN(C(C)C)N(/C=C/C(=O)OC)C1=O. The summed E-state index contributed by atoms with van der Waals surface area (Å²) in [5.74, 6) is -0.570. The molecule has 0 aliphatic carbocycles. The summed E-state index contributed by atoms with van der Waals surface area (Å²) in [6.45, 7) is 3.66. The van der Waals surface area contributed by atoms with Crippen LogP contribution in [0.25, 0.3) is 0 Å². The van der Waals surface area contributed by atoms with E-state index in [1.165, 1.54) is 18.4 Å². The summed E-state index contributed by atoms with van der Waals surface area (Å²) < 4.78 is 11.7. The van der Waals surface area contributed by atoms with Gasteiger partial charge in [0.25, 0.3) is 0 Å². The average molecular weight is 215 g/mol. The van der Waals surface area contributed by atoms with Crippen LogP contribution in [-0.4, -0.2) is 35.3 Å². The number of methoxy groups -OCH3 is 1. The first kappa shape index (κ1) is 9.94. The van der Waals surface area contributed by atoms with Gasteiger partial charge >= 0.3 is 12.0 Å². The molecule has 0 spiro atoms. The third-order valence-electron chi connectivity index (χ3n) is 1.72. The highest BCUT2D eigenvalue weighted by atomic mass is 16.5. The molecule has 1 aliphatic heterocycles. The number of hydrogen-bond donors (Lipinski definition) is 2. The number of ether oxygens (including phenoxy) is 1. The molecule has 0 aromatic heterocycles. The molecule has 1 aliphatic rings. The van der Waals surface area contributed by atoms with Crippen LogP contribution in [0.1, 0.15) is 13.8 Å². The van der Waals surface area contributed by atoms with Gasteiger partial charge in [0, 0.05) is 18.3 Å². The van der Waals surface area contributed by atoms with E-state index in [9.17, 15) is 9.59 Å². The first-order valence-corrected chi connectivity index (χ1v) is 4.41. The summed E-state index contributed by atoms with van der Waals surface area (Å²) in [7, 11) is 1.24. The molecule has 7 nitrogen and oxygen atoms in total. The predicted octanol–water partition coefficient (Wildman–Crippen LogP) is -0.257. The molecule has 1 heterocycles. The molecule has 0 atom stereocenters. The summed E-state index contributed by atoms with van der Waals surface area (Å²) in [6, 6.07) is -0.657. The lowest BCUT2D eigenvalue weighted by Gasteiger charge is -2.25. The van der Waals surface area contributed by atoms with Crippen LogP contribution in [0.4, 0.5) is 4.79 Å². The lowest BCUT2D eigenvalue weighted by molar-refractivity contribution is -0.135. The number of hydrazine groups is 3. The Hall–Kier alpha value is -1.60.